The number of hydrogen-bond acceptors (Lipinski definition) is 5. The van der Waals surface area contributed by atoms with Gasteiger partial charge in [0.15, 0.2) is 0 Å². The molecule has 7 nitrogen and oxygen atoms in total. The zero-order valence-corrected chi connectivity index (χ0v) is 22.0. The number of hydrogen-bond donors (Lipinski definition) is 0. The Bertz CT molecular complexity index is 1270. The van der Waals surface area contributed by atoms with Gasteiger partial charge in [0.05, 0.1) is 25.3 Å². The van der Waals surface area contributed by atoms with E-state index in [4.69, 9.17) is 9.47 Å². The number of carbonyl (C=O) groups is 1. The fraction of sp³-hybridized carbons (Fsp3) is 0.393. The van der Waals surface area contributed by atoms with Gasteiger partial charge in [-0.15, -0.1) is 0 Å². The molecule has 35 heavy (non-hydrogen) atoms. The van der Waals surface area contributed by atoms with Crippen LogP contribution in [-0.2, 0) is 24.7 Å². The van der Waals surface area contributed by atoms with E-state index in [0.717, 1.165) is 54.7 Å². The summed E-state index contributed by atoms with van der Waals surface area (Å²) >= 11 is 0. The molecule has 0 aliphatic heterocycles. The van der Waals surface area contributed by atoms with Crippen LogP contribution >= 0.6 is 0 Å². The summed E-state index contributed by atoms with van der Waals surface area (Å²) < 4.78 is 14.2. The normalized spacial score (nSPS) is 11.2. The molecule has 7 heteroatoms. The number of fused-ring (bicyclic) bond motifs is 2. The third-order valence-electron chi connectivity index (χ3n) is 6.17. The van der Waals surface area contributed by atoms with Crippen LogP contribution in [0.2, 0.25) is 0 Å². The molecule has 0 radical (unpaired) electrons. The van der Waals surface area contributed by atoms with E-state index in [9.17, 15) is 4.79 Å². The van der Waals surface area contributed by atoms with E-state index in [1.165, 1.54) is 22.0 Å². The lowest BCUT2D eigenvalue weighted by Crippen LogP contribution is -2.14. The molecule has 0 N–H and O–H groups in total. The fourth-order valence-electron chi connectivity index (χ4n) is 4.18. The Labute approximate surface area is 208 Å². The molecule has 0 atom stereocenters. The lowest BCUT2D eigenvalue weighted by Gasteiger charge is -2.08. The van der Waals surface area contributed by atoms with Gasteiger partial charge in [-0.05, 0) is 76.4 Å². The molecule has 0 unspecified atom stereocenters. The van der Waals surface area contributed by atoms with Gasteiger partial charge in [-0.1, -0.05) is 0 Å². The summed E-state index contributed by atoms with van der Waals surface area (Å²) in [6.45, 7) is 2.04. The van der Waals surface area contributed by atoms with Gasteiger partial charge in [-0.3, -0.25) is 9.36 Å². The van der Waals surface area contributed by atoms with Gasteiger partial charge in [0.2, 0.25) is 6.41 Å². The van der Waals surface area contributed by atoms with E-state index in [1.807, 2.05) is 44.6 Å². The van der Waals surface area contributed by atoms with E-state index >= 15 is 0 Å². The number of ether oxygens (including phenoxy) is 2. The summed E-state index contributed by atoms with van der Waals surface area (Å²) in [6.07, 6.45) is 6.96. The fourth-order valence-corrected chi connectivity index (χ4v) is 4.18. The van der Waals surface area contributed by atoms with Crippen LogP contribution in [0, 0.1) is 0 Å². The second-order valence-electron chi connectivity index (χ2n) is 9.30. The van der Waals surface area contributed by atoms with Crippen molar-refractivity contribution in [2.45, 2.75) is 12.8 Å². The molecule has 2 aromatic carbocycles. The molecule has 0 aliphatic carbocycles. The van der Waals surface area contributed by atoms with Crippen molar-refractivity contribution < 1.29 is 14.3 Å². The predicted octanol–water partition coefficient (Wildman–Crippen LogP) is 4.08. The number of benzene rings is 2. The maximum atomic E-state index is 11.1. The number of likely N-dealkylation sites (N-methyl/N-ethyl adjacent to an activating group) is 2. The van der Waals surface area contributed by atoms with Crippen LogP contribution in [0.3, 0.4) is 0 Å². The summed E-state index contributed by atoms with van der Waals surface area (Å²) in [4.78, 5) is 15.4. The SMILES string of the molecule is COc1ccc2c(CCN(C)C)cn(C)c2c1.COc1ccc2c(CCN(C)C)cn(C=O)c2c1. The third kappa shape index (κ3) is 6.44. The standard InChI is InChI=1S/C14H18N2O2.C14H20N2O/c1-15(2)7-6-11-9-16(10-17)14-8-12(18-3)4-5-13(11)14;1-15(2)8-7-11-10-16(3)14-9-12(17-4)5-6-13(11)14/h4-5,8-10H,6-7H2,1-3H3;5-6,9-10H,7-8H2,1-4H3. The van der Waals surface area contributed by atoms with Crippen LogP contribution < -0.4 is 9.47 Å². The summed E-state index contributed by atoms with van der Waals surface area (Å²) in [7, 11) is 13.7. The van der Waals surface area contributed by atoms with Crippen LogP contribution in [0.1, 0.15) is 11.1 Å². The summed E-state index contributed by atoms with van der Waals surface area (Å²) in [6, 6.07) is 12.1. The first kappa shape index (κ1) is 26.3. The monoisotopic (exact) mass is 478 g/mol. The van der Waals surface area contributed by atoms with Crippen LogP contribution in [-0.4, -0.2) is 80.8 Å². The van der Waals surface area contributed by atoms with Crippen LogP contribution in [0.25, 0.3) is 21.8 Å². The summed E-state index contributed by atoms with van der Waals surface area (Å²) in [5.74, 6) is 1.68. The molecular formula is C28H38N4O3. The highest BCUT2D eigenvalue weighted by Gasteiger charge is 2.10. The first-order valence-electron chi connectivity index (χ1n) is 11.8. The molecule has 4 aromatic rings. The molecule has 0 aliphatic rings. The van der Waals surface area contributed by atoms with Gasteiger partial charge in [0, 0.05) is 55.4 Å². The average molecular weight is 479 g/mol. The van der Waals surface area contributed by atoms with Gasteiger partial charge < -0.3 is 23.8 Å². The van der Waals surface area contributed by atoms with Crippen LogP contribution in [0.5, 0.6) is 11.5 Å². The minimum atomic E-state index is 0.767. The molecule has 0 saturated carbocycles. The molecule has 0 bridgehead atoms. The molecule has 188 valence electrons. The van der Waals surface area contributed by atoms with Crippen molar-refractivity contribution in [3.8, 4) is 11.5 Å². The molecular weight excluding hydrogens is 440 g/mol. The minimum Gasteiger partial charge on any atom is -0.497 e. The van der Waals surface area contributed by atoms with E-state index in [-0.39, 0.29) is 0 Å². The number of carbonyl (C=O) groups excluding carboxylic acids is 1. The lowest BCUT2D eigenvalue weighted by molar-refractivity contribution is 0.414. The van der Waals surface area contributed by atoms with Crippen LogP contribution in [0.15, 0.2) is 48.8 Å². The van der Waals surface area contributed by atoms with E-state index in [1.54, 1.807) is 18.8 Å². The quantitative estimate of drug-likeness (QED) is 0.339. The van der Waals surface area contributed by atoms with Crippen molar-refractivity contribution in [2.24, 2.45) is 7.05 Å². The summed E-state index contributed by atoms with van der Waals surface area (Å²) in [5, 5.41) is 2.44. The van der Waals surface area contributed by atoms with Gasteiger partial charge in [0.1, 0.15) is 11.5 Å². The smallest absolute Gasteiger partial charge is 0.218 e. The second-order valence-corrected chi connectivity index (χ2v) is 9.30. The molecule has 0 fully saturated rings. The Morgan fingerprint density at radius 3 is 1.74 bits per heavy atom. The highest BCUT2D eigenvalue weighted by molar-refractivity contribution is 5.89. The third-order valence-corrected chi connectivity index (χ3v) is 6.17. The molecule has 2 heterocycles. The number of rotatable bonds is 9. The molecule has 4 rings (SSSR count). The zero-order valence-electron chi connectivity index (χ0n) is 22.0. The van der Waals surface area contributed by atoms with Crippen molar-refractivity contribution in [3.63, 3.8) is 0 Å². The predicted molar refractivity (Wildman–Crippen MR) is 145 cm³/mol. The zero-order chi connectivity index (χ0) is 25.5. The number of aromatic nitrogens is 2. The Morgan fingerprint density at radius 2 is 1.26 bits per heavy atom. The molecule has 0 spiro atoms. The van der Waals surface area contributed by atoms with Gasteiger partial charge in [-0.2, -0.15) is 0 Å². The van der Waals surface area contributed by atoms with Crippen LogP contribution in [0.4, 0.5) is 0 Å². The van der Waals surface area contributed by atoms with Crippen molar-refractivity contribution >= 4 is 28.2 Å². The Morgan fingerprint density at radius 1 is 0.771 bits per heavy atom. The van der Waals surface area contributed by atoms with Crippen molar-refractivity contribution in [1.29, 1.82) is 0 Å². The topological polar surface area (TPSA) is 51.9 Å². The number of nitrogens with zero attached hydrogens (tertiary/aromatic N) is 4. The Kier molecular flexibility index (Phi) is 8.95. The Balaban J connectivity index is 0.000000196. The summed E-state index contributed by atoms with van der Waals surface area (Å²) in [5.41, 5.74) is 4.73. The van der Waals surface area contributed by atoms with E-state index in [0.29, 0.717) is 0 Å². The highest BCUT2D eigenvalue weighted by atomic mass is 16.5. The maximum Gasteiger partial charge on any atom is 0.218 e. The largest absolute Gasteiger partial charge is 0.497 e. The first-order chi connectivity index (χ1) is 16.8. The van der Waals surface area contributed by atoms with Crippen molar-refractivity contribution in [3.05, 3.63) is 59.9 Å². The minimum absolute atomic E-state index is 0.767. The van der Waals surface area contributed by atoms with Gasteiger partial charge in [-0.25, -0.2) is 0 Å². The first-order valence-corrected chi connectivity index (χ1v) is 11.8. The Hall–Kier alpha value is -3.29. The number of aryl methyl sites for hydroxylation is 1. The maximum absolute atomic E-state index is 11.1. The van der Waals surface area contributed by atoms with Gasteiger partial charge in [0.25, 0.3) is 0 Å². The van der Waals surface area contributed by atoms with Crippen molar-refractivity contribution in [2.75, 3.05) is 55.5 Å². The number of methoxy groups -OCH3 is 2. The van der Waals surface area contributed by atoms with E-state index in [2.05, 4.69) is 53.8 Å². The average Bonchev–Trinajstić information content (AvgIpc) is 3.37. The molecule has 2 aromatic heterocycles. The lowest BCUT2D eigenvalue weighted by atomic mass is 10.1. The van der Waals surface area contributed by atoms with Crippen molar-refractivity contribution in [1.82, 2.24) is 18.9 Å². The molecule has 0 saturated heterocycles. The second kappa shape index (κ2) is 11.9. The van der Waals surface area contributed by atoms with Gasteiger partial charge >= 0.3 is 0 Å². The highest BCUT2D eigenvalue weighted by Crippen LogP contribution is 2.26. The van der Waals surface area contributed by atoms with E-state index < -0.39 is 0 Å². The molecule has 0 amide bonds.